The number of primary sulfonamides is 1. The molecule has 21 heavy (non-hydrogen) atoms. The van der Waals surface area contributed by atoms with E-state index in [0.29, 0.717) is 4.88 Å². The van der Waals surface area contributed by atoms with Crippen molar-refractivity contribution in [3.8, 4) is 0 Å². The van der Waals surface area contributed by atoms with Gasteiger partial charge in [-0.1, -0.05) is 6.92 Å². The summed E-state index contributed by atoms with van der Waals surface area (Å²) in [7, 11) is -4.04. The van der Waals surface area contributed by atoms with E-state index in [9.17, 15) is 17.6 Å². The Balaban J connectivity index is 2.27. The minimum atomic E-state index is -4.04. The fourth-order valence-electron chi connectivity index (χ4n) is 1.68. The van der Waals surface area contributed by atoms with Gasteiger partial charge in [-0.15, -0.1) is 11.3 Å². The molecule has 1 amide bonds. The van der Waals surface area contributed by atoms with Crippen LogP contribution in [-0.2, 0) is 16.4 Å². The summed E-state index contributed by atoms with van der Waals surface area (Å²) in [6, 6.07) is 6.44. The quantitative estimate of drug-likeness (QED) is 0.903. The van der Waals surface area contributed by atoms with E-state index in [0.717, 1.165) is 29.5 Å². The first-order valence-electron chi connectivity index (χ1n) is 6.03. The third-order valence-electron chi connectivity index (χ3n) is 2.69. The van der Waals surface area contributed by atoms with Gasteiger partial charge in [0.1, 0.15) is 5.82 Å². The Kier molecular flexibility index (Phi) is 4.40. The number of nitrogens with two attached hydrogens (primary N) is 1. The van der Waals surface area contributed by atoms with Gasteiger partial charge in [0, 0.05) is 10.6 Å². The average Bonchev–Trinajstić information content (AvgIpc) is 2.85. The third kappa shape index (κ3) is 3.87. The lowest BCUT2D eigenvalue weighted by molar-refractivity contribution is 0.103. The van der Waals surface area contributed by atoms with E-state index in [1.54, 1.807) is 6.07 Å². The number of hydrogen-bond donors (Lipinski definition) is 2. The molecule has 0 aliphatic carbocycles. The van der Waals surface area contributed by atoms with Gasteiger partial charge in [-0.05, 0) is 36.8 Å². The first kappa shape index (κ1) is 15.6. The minimum Gasteiger partial charge on any atom is -0.321 e. The maximum atomic E-state index is 13.4. The molecule has 0 spiro atoms. The monoisotopic (exact) mass is 328 g/mol. The molecule has 0 atom stereocenters. The van der Waals surface area contributed by atoms with Crippen molar-refractivity contribution in [3.05, 3.63) is 45.9 Å². The predicted molar refractivity (Wildman–Crippen MR) is 79.4 cm³/mol. The number of amides is 1. The molecule has 0 aliphatic heterocycles. The second kappa shape index (κ2) is 5.92. The smallest absolute Gasteiger partial charge is 0.265 e. The van der Waals surface area contributed by atoms with E-state index < -0.39 is 26.6 Å². The van der Waals surface area contributed by atoms with Crippen LogP contribution in [0, 0.1) is 5.82 Å². The Hall–Kier alpha value is -1.77. The van der Waals surface area contributed by atoms with E-state index in [4.69, 9.17) is 5.14 Å². The maximum absolute atomic E-state index is 13.4. The number of benzene rings is 1. The van der Waals surface area contributed by atoms with Crippen LogP contribution in [0.3, 0.4) is 0 Å². The molecule has 0 saturated carbocycles. The lowest BCUT2D eigenvalue weighted by Crippen LogP contribution is -2.14. The second-order valence-corrected chi connectivity index (χ2v) is 7.02. The van der Waals surface area contributed by atoms with E-state index in [1.807, 2.05) is 13.0 Å². The highest BCUT2D eigenvalue weighted by Gasteiger charge is 2.14. The fraction of sp³-hybridized carbons (Fsp3) is 0.154. The number of thiophene rings is 1. The van der Waals surface area contributed by atoms with E-state index in [-0.39, 0.29) is 5.69 Å². The van der Waals surface area contributed by atoms with Gasteiger partial charge >= 0.3 is 0 Å². The molecule has 0 radical (unpaired) electrons. The normalized spacial score (nSPS) is 11.4. The molecule has 0 fully saturated rings. The average molecular weight is 328 g/mol. The van der Waals surface area contributed by atoms with Crippen molar-refractivity contribution in [3.63, 3.8) is 0 Å². The van der Waals surface area contributed by atoms with Crippen LogP contribution in [0.1, 0.15) is 21.5 Å². The molecule has 0 aliphatic rings. The van der Waals surface area contributed by atoms with Crippen molar-refractivity contribution >= 4 is 33.0 Å². The molecule has 1 heterocycles. The number of carbonyl (C=O) groups is 1. The highest BCUT2D eigenvalue weighted by molar-refractivity contribution is 7.89. The van der Waals surface area contributed by atoms with E-state index in [1.165, 1.54) is 11.3 Å². The molecule has 2 rings (SSSR count). The van der Waals surface area contributed by atoms with Crippen molar-refractivity contribution in [1.29, 1.82) is 0 Å². The summed E-state index contributed by atoms with van der Waals surface area (Å²) in [4.78, 5) is 13.1. The summed E-state index contributed by atoms with van der Waals surface area (Å²) >= 11 is 1.33. The lowest BCUT2D eigenvalue weighted by Gasteiger charge is -2.06. The predicted octanol–water partition coefficient (Wildman–Crippen LogP) is 2.35. The topological polar surface area (TPSA) is 89.3 Å². The van der Waals surface area contributed by atoms with E-state index in [2.05, 4.69) is 5.32 Å². The molecule has 0 unspecified atom stereocenters. The van der Waals surface area contributed by atoms with Crippen LogP contribution in [0.25, 0.3) is 0 Å². The van der Waals surface area contributed by atoms with E-state index >= 15 is 0 Å². The van der Waals surface area contributed by atoms with Gasteiger partial charge in [0.25, 0.3) is 5.91 Å². The van der Waals surface area contributed by atoms with Gasteiger partial charge in [-0.2, -0.15) is 0 Å². The maximum Gasteiger partial charge on any atom is 0.265 e. The van der Waals surface area contributed by atoms with Crippen LogP contribution in [0.15, 0.2) is 35.2 Å². The zero-order chi connectivity index (χ0) is 15.6. The molecule has 2 aromatic rings. The number of sulfonamides is 1. The van der Waals surface area contributed by atoms with Gasteiger partial charge < -0.3 is 5.32 Å². The minimum absolute atomic E-state index is 0.0375. The molecule has 1 aromatic carbocycles. The summed E-state index contributed by atoms with van der Waals surface area (Å²) in [6.45, 7) is 1.97. The van der Waals surface area contributed by atoms with Crippen molar-refractivity contribution < 1.29 is 17.6 Å². The Morgan fingerprint density at radius 2 is 2.05 bits per heavy atom. The number of anilines is 1. The molecule has 5 nitrogen and oxygen atoms in total. The number of rotatable bonds is 4. The first-order valence-corrected chi connectivity index (χ1v) is 8.39. The molecule has 8 heteroatoms. The molecule has 0 bridgehead atoms. The van der Waals surface area contributed by atoms with Crippen molar-refractivity contribution in [2.75, 3.05) is 5.32 Å². The highest BCUT2D eigenvalue weighted by Crippen LogP contribution is 2.21. The second-order valence-electron chi connectivity index (χ2n) is 4.29. The molecule has 112 valence electrons. The van der Waals surface area contributed by atoms with Crippen molar-refractivity contribution in [2.45, 2.75) is 18.2 Å². The van der Waals surface area contributed by atoms with Crippen molar-refractivity contribution in [2.24, 2.45) is 5.14 Å². The Morgan fingerprint density at radius 1 is 1.33 bits per heavy atom. The zero-order valence-electron chi connectivity index (χ0n) is 11.1. The zero-order valence-corrected chi connectivity index (χ0v) is 12.7. The van der Waals surface area contributed by atoms with Gasteiger partial charge in [0.05, 0.1) is 9.77 Å². The van der Waals surface area contributed by atoms with Gasteiger partial charge in [0.2, 0.25) is 10.0 Å². The fourth-order valence-corrected chi connectivity index (χ4v) is 3.09. The molecular weight excluding hydrogens is 315 g/mol. The van der Waals surface area contributed by atoms with Crippen LogP contribution in [0.2, 0.25) is 0 Å². The number of hydrogen-bond acceptors (Lipinski definition) is 4. The van der Waals surface area contributed by atoms with Crippen LogP contribution in [0.5, 0.6) is 0 Å². The lowest BCUT2D eigenvalue weighted by atomic mass is 10.3. The summed E-state index contributed by atoms with van der Waals surface area (Å²) in [6.07, 6.45) is 0.813. The summed E-state index contributed by atoms with van der Waals surface area (Å²) in [5.41, 5.74) is 0.0375. The standard InChI is InChI=1S/C13H13FN2O3S2/c1-2-10-3-4-12(20-10)13(17)16-9-5-8(14)6-11(7-9)21(15,18)19/h3-7H,2H2,1H3,(H,16,17)(H2,15,18,19). The Bertz CT molecular complexity index is 784. The van der Waals surface area contributed by atoms with Crippen LogP contribution >= 0.6 is 11.3 Å². The van der Waals surface area contributed by atoms with Crippen LogP contribution in [0.4, 0.5) is 10.1 Å². The molecule has 1 aromatic heterocycles. The van der Waals surface area contributed by atoms with Crippen molar-refractivity contribution in [1.82, 2.24) is 0 Å². The Morgan fingerprint density at radius 3 is 2.62 bits per heavy atom. The number of aryl methyl sites for hydroxylation is 1. The third-order valence-corrected chi connectivity index (χ3v) is 4.81. The molecular formula is C13H13FN2O3S2. The van der Waals surface area contributed by atoms with Crippen LogP contribution in [-0.4, -0.2) is 14.3 Å². The number of nitrogens with one attached hydrogen (secondary N) is 1. The van der Waals surface area contributed by atoms with Crippen LogP contribution < -0.4 is 10.5 Å². The Labute approximate surface area is 125 Å². The van der Waals surface area contributed by atoms with Gasteiger partial charge in [-0.3, -0.25) is 4.79 Å². The summed E-state index contributed by atoms with van der Waals surface area (Å²) in [5, 5.41) is 7.41. The number of carbonyl (C=O) groups excluding carboxylic acids is 1. The SMILES string of the molecule is CCc1ccc(C(=O)Nc2cc(F)cc(S(N)(=O)=O)c2)s1. The molecule has 0 saturated heterocycles. The highest BCUT2D eigenvalue weighted by atomic mass is 32.2. The first-order chi connectivity index (χ1) is 9.79. The van der Waals surface area contributed by atoms with Gasteiger partial charge in [0.15, 0.2) is 0 Å². The number of halogens is 1. The largest absolute Gasteiger partial charge is 0.321 e. The molecule has 3 N–H and O–H groups in total. The summed E-state index contributed by atoms with van der Waals surface area (Å²) < 4.78 is 35.9. The van der Waals surface area contributed by atoms with Gasteiger partial charge in [-0.25, -0.2) is 17.9 Å². The summed E-state index contributed by atoms with van der Waals surface area (Å²) in [5.74, 6) is -1.22.